The minimum Gasteiger partial charge on any atom is -0.490 e. The van der Waals surface area contributed by atoms with Gasteiger partial charge in [-0.15, -0.1) is 0 Å². The summed E-state index contributed by atoms with van der Waals surface area (Å²) >= 11 is 0. The molecule has 1 heterocycles. The van der Waals surface area contributed by atoms with Crippen LogP contribution in [0, 0.1) is 10.1 Å². The van der Waals surface area contributed by atoms with E-state index < -0.39 is 4.92 Å². The fourth-order valence-corrected chi connectivity index (χ4v) is 2.72. The summed E-state index contributed by atoms with van der Waals surface area (Å²) in [7, 11) is 1.43. The standard InChI is InChI=1S/C15H23N3O4/c1-11(17-6-7-22-10-12(17)2)9-16-13-4-5-14(18(19)20)15(8-13)21-3/h4-5,8,11-12,16H,6-7,9-10H2,1-3H3/t11-,12-/m1/s1. The zero-order valence-corrected chi connectivity index (χ0v) is 13.2. The Morgan fingerprint density at radius 3 is 3.00 bits per heavy atom. The zero-order chi connectivity index (χ0) is 16.1. The lowest BCUT2D eigenvalue weighted by Crippen LogP contribution is -2.50. The SMILES string of the molecule is COc1cc(NC[C@@H](C)N2CCOC[C@H]2C)ccc1[N+](=O)[O-]. The van der Waals surface area contributed by atoms with Gasteiger partial charge in [-0.1, -0.05) is 0 Å². The summed E-state index contributed by atoms with van der Waals surface area (Å²) in [6, 6.07) is 5.57. The van der Waals surface area contributed by atoms with Gasteiger partial charge in [-0.3, -0.25) is 15.0 Å². The Morgan fingerprint density at radius 1 is 1.59 bits per heavy atom. The Labute approximate surface area is 130 Å². The van der Waals surface area contributed by atoms with Crippen LogP contribution in [0.1, 0.15) is 13.8 Å². The molecule has 122 valence electrons. The number of nitrogens with zero attached hydrogens (tertiary/aromatic N) is 2. The van der Waals surface area contributed by atoms with Crippen LogP contribution >= 0.6 is 0 Å². The molecule has 2 atom stereocenters. The van der Waals surface area contributed by atoms with Gasteiger partial charge in [-0.2, -0.15) is 0 Å². The van der Waals surface area contributed by atoms with E-state index in [9.17, 15) is 10.1 Å². The molecule has 0 aliphatic carbocycles. The Bertz CT molecular complexity index is 524. The van der Waals surface area contributed by atoms with Crippen molar-refractivity contribution < 1.29 is 14.4 Å². The Balaban J connectivity index is 1.97. The average Bonchev–Trinajstić information content (AvgIpc) is 2.52. The minimum absolute atomic E-state index is 0.0251. The van der Waals surface area contributed by atoms with Crippen LogP contribution in [0.15, 0.2) is 18.2 Å². The van der Waals surface area contributed by atoms with Gasteiger partial charge in [-0.25, -0.2) is 0 Å². The van der Waals surface area contributed by atoms with Crippen LogP contribution in [0.2, 0.25) is 0 Å². The first-order valence-electron chi connectivity index (χ1n) is 7.42. The largest absolute Gasteiger partial charge is 0.490 e. The lowest BCUT2D eigenvalue weighted by Gasteiger charge is -2.38. The van der Waals surface area contributed by atoms with E-state index in [2.05, 4.69) is 24.1 Å². The van der Waals surface area contributed by atoms with Gasteiger partial charge >= 0.3 is 5.69 Å². The van der Waals surface area contributed by atoms with Gasteiger partial charge in [0, 0.05) is 43.0 Å². The van der Waals surface area contributed by atoms with Crippen LogP contribution in [0.4, 0.5) is 11.4 Å². The van der Waals surface area contributed by atoms with Crippen molar-refractivity contribution in [1.29, 1.82) is 0 Å². The van der Waals surface area contributed by atoms with Gasteiger partial charge in [0.1, 0.15) is 0 Å². The number of benzene rings is 1. The lowest BCUT2D eigenvalue weighted by molar-refractivity contribution is -0.385. The van der Waals surface area contributed by atoms with E-state index in [1.165, 1.54) is 13.2 Å². The number of methoxy groups -OCH3 is 1. The molecule has 22 heavy (non-hydrogen) atoms. The van der Waals surface area contributed by atoms with Crippen molar-refractivity contribution in [3.8, 4) is 5.75 Å². The molecule has 7 nitrogen and oxygen atoms in total. The number of ether oxygens (including phenoxy) is 2. The fourth-order valence-electron chi connectivity index (χ4n) is 2.72. The number of nitro groups is 1. The number of nitrogens with one attached hydrogen (secondary N) is 1. The molecule has 2 rings (SSSR count). The van der Waals surface area contributed by atoms with Crippen LogP contribution < -0.4 is 10.1 Å². The predicted molar refractivity (Wildman–Crippen MR) is 84.6 cm³/mol. The Morgan fingerprint density at radius 2 is 2.36 bits per heavy atom. The molecule has 7 heteroatoms. The number of morpholine rings is 1. The van der Waals surface area contributed by atoms with E-state index in [0.29, 0.717) is 12.1 Å². The second-order valence-electron chi connectivity index (χ2n) is 5.54. The normalized spacial score (nSPS) is 20.4. The molecule has 0 spiro atoms. The molecule has 1 N–H and O–H groups in total. The summed E-state index contributed by atoms with van der Waals surface area (Å²) in [4.78, 5) is 12.8. The second-order valence-corrected chi connectivity index (χ2v) is 5.54. The van der Waals surface area contributed by atoms with E-state index in [1.807, 2.05) is 0 Å². The highest BCUT2D eigenvalue weighted by Crippen LogP contribution is 2.29. The Kier molecular flexibility index (Phi) is 5.57. The zero-order valence-electron chi connectivity index (χ0n) is 13.2. The monoisotopic (exact) mass is 309 g/mol. The quantitative estimate of drug-likeness (QED) is 0.641. The fraction of sp³-hybridized carbons (Fsp3) is 0.600. The molecule has 0 aromatic heterocycles. The summed E-state index contributed by atoms with van der Waals surface area (Å²) in [5, 5.41) is 14.2. The summed E-state index contributed by atoms with van der Waals surface area (Å²) in [6.07, 6.45) is 0. The summed E-state index contributed by atoms with van der Waals surface area (Å²) < 4.78 is 10.5. The summed E-state index contributed by atoms with van der Waals surface area (Å²) in [5.41, 5.74) is 0.790. The molecule has 0 unspecified atom stereocenters. The van der Waals surface area contributed by atoms with Gasteiger partial charge in [0.25, 0.3) is 0 Å². The number of hydrogen-bond donors (Lipinski definition) is 1. The highest BCUT2D eigenvalue weighted by atomic mass is 16.6. The van der Waals surface area contributed by atoms with Crippen molar-refractivity contribution >= 4 is 11.4 Å². The maximum Gasteiger partial charge on any atom is 0.311 e. The molecule has 1 saturated heterocycles. The number of nitro benzene ring substituents is 1. The molecule has 1 aromatic rings. The molecule has 0 bridgehead atoms. The van der Waals surface area contributed by atoms with E-state index in [1.54, 1.807) is 12.1 Å². The van der Waals surface area contributed by atoms with Gasteiger partial charge in [0.2, 0.25) is 0 Å². The van der Waals surface area contributed by atoms with Crippen molar-refractivity contribution in [2.24, 2.45) is 0 Å². The van der Waals surface area contributed by atoms with Crippen LogP contribution in [0.3, 0.4) is 0 Å². The van der Waals surface area contributed by atoms with Crippen molar-refractivity contribution in [1.82, 2.24) is 4.90 Å². The topological polar surface area (TPSA) is 76.9 Å². The number of anilines is 1. The van der Waals surface area contributed by atoms with E-state index in [4.69, 9.17) is 9.47 Å². The van der Waals surface area contributed by atoms with Crippen LogP contribution in [0.25, 0.3) is 0 Å². The smallest absolute Gasteiger partial charge is 0.311 e. The molecule has 1 aliphatic rings. The van der Waals surface area contributed by atoms with Crippen molar-refractivity contribution in [2.75, 3.05) is 38.7 Å². The number of rotatable bonds is 6. The van der Waals surface area contributed by atoms with Crippen LogP contribution in [-0.2, 0) is 4.74 Å². The molecule has 1 aromatic carbocycles. The minimum atomic E-state index is -0.444. The number of hydrogen-bond acceptors (Lipinski definition) is 6. The van der Waals surface area contributed by atoms with E-state index in [0.717, 1.165) is 32.0 Å². The third-order valence-electron chi connectivity index (χ3n) is 3.96. The van der Waals surface area contributed by atoms with E-state index >= 15 is 0 Å². The first-order valence-corrected chi connectivity index (χ1v) is 7.42. The van der Waals surface area contributed by atoms with Gasteiger partial charge in [-0.05, 0) is 19.9 Å². The first kappa shape index (κ1) is 16.5. The molecule has 1 aliphatic heterocycles. The lowest BCUT2D eigenvalue weighted by atomic mass is 10.1. The van der Waals surface area contributed by atoms with Gasteiger partial charge < -0.3 is 14.8 Å². The maximum atomic E-state index is 10.9. The third-order valence-corrected chi connectivity index (χ3v) is 3.96. The first-order chi connectivity index (χ1) is 10.5. The molecule has 0 amide bonds. The molecule has 1 fully saturated rings. The highest BCUT2D eigenvalue weighted by Gasteiger charge is 2.23. The molecule has 0 radical (unpaired) electrons. The average molecular weight is 309 g/mol. The summed E-state index contributed by atoms with van der Waals surface area (Å²) in [5.74, 6) is 0.266. The molecular weight excluding hydrogens is 286 g/mol. The predicted octanol–water partition coefficient (Wildman–Crippen LogP) is 2.12. The maximum absolute atomic E-state index is 10.9. The Hall–Kier alpha value is -1.86. The molecular formula is C15H23N3O4. The van der Waals surface area contributed by atoms with Gasteiger partial charge in [0.05, 0.1) is 25.2 Å². The highest BCUT2D eigenvalue weighted by molar-refractivity contribution is 5.58. The van der Waals surface area contributed by atoms with Gasteiger partial charge in [0.15, 0.2) is 5.75 Å². The summed E-state index contributed by atoms with van der Waals surface area (Å²) in [6.45, 7) is 7.52. The second kappa shape index (κ2) is 7.42. The van der Waals surface area contributed by atoms with Crippen LogP contribution in [0.5, 0.6) is 5.75 Å². The molecule has 0 saturated carbocycles. The van der Waals surface area contributed by atoms with Crippen LogP contribution in [-0.4, -0.2) is 55.3 Å². The van der Waals surface area contributed by atoms with E-state index in [-0.39, 0.29) is 11.4 Å². The third kappa shape index (κ3) is 3.86. The van der Waals surface area contributed by atoms with Crippen molar-refractivity contribution in [3.63, 3.8) is 0 Å². The van der Waals surface area contributed by atoms with Crippen molar-refractivity contribution in [2.45, 2.75) is 25.9 Å². The van der Waals surface area contributed by atoms with Crippen molar-refractivity contribution in [3.05, 3.63) is 28.3 Å².